The third-order valence-electron chi connectivity index (χ3n) is 3.86. The molecule has 0 unspecified atom stereocenters. The van der Waals surface area contributed by atoms with Crippen molar-refractivity contribution in [3.8, 4) is 5.75 Å². The quantitative estimate of drug-likeness (QED) is 0.657. The summed E-state index contributed by atoms with van der Waals surface area (Å²) in [6.45, 7) is 4.37. The van der Waals surface area contributed by atoms with Crippen LogP contribution >= 0.6 is 0 Å². The molecule has 5 heteroatoms. The third kappa shape index (κ3) is 4.47. The summed E-state index contributed by atoms with van der Waals surface area (Å²) in [5, 5.41) is 6.56. The summed E-state index contributed by atoms with van der Waals surface area (Å²) < 4.78 is 5.24. The van der Waals surface area contributed by atoms with Crippen molar-refractivity contribution in [2.45, 2.75) is 19.8 Å². The number of rotatable bonds is 6. The molecule has 0 fully saturated rings. The van der Waals surface area contributed by atoms with Gasteiger partial charge in [-0.2, -0.15) is 0 Å². The Morgan fingerprint density at radius 2 is 1.52 bits per heavy atom. The molecule has 0 saturated heterocycles. The zero-order valence-electron chi connectivity index (χ0n) is 14.7. The van der Waals surface area contributed by atoms with E-state index in [1.807, 2.05) is 30.3 Å². The van der Waals surface area contributed by atoms with E-state index in [0.717, 1.165) is 22.9 Å². The van der Waals surface area contributed by atoms with E-state index in [9.17, 15) is 0 Å². The minimum absolute atomic E-state index is 0.520. The average molecular weight is 334 g/mol. The van der Waals surface area contributed by atoms with E-state index >= 15 is 0 Å². The zero-order chi connectivity index (χ0) is 17.6. The maximum Gasteiger partial charge on any atom is 0.135 e. The van der Waals surface area contributed by atoms with Gasteiger partial charge in [0, 0.05) is 23.5 Å². The van der Waals surface area contributed by atoms with Crippen LogP contribution in [-0.2, 0) is 0 Å². The van der Waals surface area contributed by atoms with Crippen molar-refractivity contribution in [1.82, 2.24) is 9.97 Å². The van der Waals surface area contributed by atoms with Gasteiger partial charge in [0.25, 0.3) is 0 Å². The molecule has 1 heterocycles. The maximum absolute atomic E-state index is 5.24. The smallest absolute Gasteiger partial charge is 0.135 e. The van der Waals surface area contributed by atoms with E-state index in [0.29, 0.717) is 11.7 Å². The fraction of sp³-hybridized carbons (Fsp3) is 0.200. The number of nitrogens with one attached hydrogen (secondary N) is 2. The molecule has 128 valence electrons. The highest BCUT2D eigenvalue weighted by atomic mass is 16.5. The highest BCUT2D eigenvalue weighted by Crippen LogP contribution is 2.23. The molecule has 5 nitrogen and oxygen atoms in total. The van der Waals surface area contributed by atoms with Gasteiger partial charge in [0.05, 0.1) is 7.11 Å². The van der Waals surface area contributed by atoms with Crippen molar-refractivity contribution in [3.05, 3.63) is 66.5 Å². The maximum atomic E-state index is 5.24. The Kier molecular flexibility index (Phi) is 5.14. The van der Waals surface area contributed by atoms with Gasteiger partial charge in [0.15, 0.2) is 0 Å². The van der Waals surface area contributed by atoms with Crippen LogP contribution in [0.4, 0.5) is 23.0 Å². The van der Waals surface area contributed by atoms with Crippen molar-refractivity contribution in [2.75, 3.05) is 17.7 Å². The van der Waals surface area contributed by atoms with Crippen molar-refractivity contribution in [2.24, 2.45) is 0 Å². The summed E-state index contributed by atoms with van der Waals surface area (Å²) in [6, 6.07) is 18.0. The molecular weight excluding hydrogens is 312 g/mol. The van der Waals surface area contributed by atoms with Gasteiger partial charge in [-0.25, -0.2) is 9.97 Å². The first-order chi connectivity index (χ1) is 12.1. The van der Waals surface area contributed by atoms with Gasteiger partial charge >= 0.3 is 0 Å². The van der Waals surface area contributed by atoms with Crippen LogP contribution in [-0.4, -0.2) is 17.1 Å². The number of hydrogen-bond acceptors (Lipinski definition) is 5. The molecule has 0 aliphatic heterocycles. The van der Waals surface area contributed by atoms with Gasteiger partial charge in [-0.1, -0.05) is 32.0 Å². The number of nitrogens with zero attached hydrogens (tertiary/aromatic N) is 2. The Morgan fingerprint density at radius 1 is 0.840 bits per heavy atom. The second-order valence-electron chi connectivity index (χ2n) is 6.05. The predicted molar refractivity (Wildman–Crippen MR) is 102 cm³/mol. The summed E-state index contributed by atoms with van der Waals surface area (Å²) in [4.78, 5) is 8.55. The Balaban J connectivity index is 1.72. The van der Waals surface area contributed by atoms with Crippen molar-refractivity contribution >= 4 is 23.0 Å². The van der Waals surface area contributed by atoms with Gasteiger partial charge in [0.1, 0.15) is 23.7 Å². The van der Waals surface area contributed by atoms with E-state index in [1.54, 1.807) is 7.11 Å². The molecule has 2 aromatic carbocycles. The fourth-order valence-electron chi connectivity index (χ4n) is 2.44. The number of aromatic nitrogens is 2. The zero-order valence-corrected chi connectivity index (χ0v) is 14.7. The first-order valence-electron chi connectivity index (χ1n) is 8.24. The SMILES string of the molecule is COc1cccc(Nc2cc(Nc3ccc(C(C)C)cc3)ncn2)c1. The van der Waals surface area contributed by atoms with E-state index in [-0.39, 0.29) is 0 Å². The number of benzene rings is 2. The monoisotopic (exact) mass is 334 g/mol. The molecule has 0 bridgehead atoms. The molecule has 2 N–H and O–H groups in total. The number of hydrogen-bond donors (Lipinski definition) is 2. The van der Waals surface area contributed by atoms with Gasteiger partial charge in [-0.3, -0.25) is 0 Å². The highest BCUT2D eigenvalue weighted by Gasteiger charge is 2.03. The van der Waals surface area contributed by atoms with Crippen LogP contribution in [0.25, 0.3) is 0 Å². The molecule has 25 heavy (non-hydrogen) atoms. The average Bonchev–Trinajstić information content (AvgIpc) is 2.62. The summed E-state index contributed by atoms with van der Waals surface area (Å²) in [7, 11) is 1.65. The summed E-state index contributed by atoms with van der Waals surface area (Å²) in [5.41, 5.74) is 3.22. The molecule has 0 aliphatic rings. The Morgan fingerprint density at radius 3 is 2.16 bits per heavy atom. The number of ether oxygens (including phenoxy) is 1. The van der Waals surface area contributed by atoms with Gasteiger partial charge < -0.3 is 15.4 Å². The molecule has 0 saturated carbocycles. The predicted octanol–water partition coefficient (Wildman–Crippen LogP) is 5.10. The number of methoxy groups -OCH3 is 1. The van der Waals surface area contributed by atoms with E-state index in [2.05, 4.69) is 58.7 Å². The van der Waals surface area contributed by atoms with E-state index in [4.69, 9.17) is 4.74 Å². The van der Waals surface area contributed by atoms with E-state index in [1.165, 1.54) is 11.9 Å². The number of anilines is 4. The first kappa shape index (κ1) is 16.8. The van der Waals surface area contributed by atoms with Crippen LogP contribution in [0.1, 0.15) is 25.3 Å². The van der Waals surface area contributed by atoms with Crippen molar-refractivity contribution < 1.29 is 4.74 Å². The van der Waals surface area contributed by atoms with E-state index < -0.39 is 0 Å². The molecule has 0 aliphatic carbocycles. The second-order valence-corrected chi connectivity index (χ2v) is 6.05. The molecule has 0 radical (unpaired) electrons. The minimum Gasteiger partial charge on any atom is -0.497 e. The standard InChI is InChI=1S/C20H22N4O/c1-14(2)15-7-9-16(10-8-15)23-19-12-20(22-13-21-19)24-17-5-4-6-18(11-17)25-3/h4-14H,1-3H3,(H2,21,22,23,24). The lowest BCUT2D eigenvalue weighted by molar-refractivity contribution is 0.415. The summed E-state index contributed by atoms with van der Waals surface area (Å²) >= 11 is 0. The van der Waals surface area contributed by atoms with Gasteiger partial charge in [-0.05, 0) is 35.7 Å². The topological polar surface area (TPSA) is 59.1 Å². The van der Waals surface area contributed by atoms with Crippen LogP contribution in [0.15, 0.2) is 60.9 Å². The molecular formula is C20H22N4O. The Labute approximate surface area is 148 Å². The molecule has 0 atom stereocenters. The lowest BCUT2D eigenvalue weighted by Gasteiger charge is -2.10. The van der Waals surface area contributed by atoms with Crippen LogP contribution in [0, 0.1) is 0 Å². The van der Waals surface area contributed by atoms with Crippen molar-refractivity contribution in [1.29, 1.82) is 0 Å². The molecule has 0 spiro atoms. The normalized spacial score (nSPS) is 10.6. The second kappa shape index (κ2) is 7.66. The molecule has 3 aromatic rings. The van der Waals surface area contributed by atoms with Crippen LogP contribution in [0.3, 0.4) is 0 Å². The van der Waals surface area contributed by atoms with Crippen LogP contribution in [0.5, 0.6) is 5.75 Å². The molecule has 3 rings (SSSR count). The van der Waals surface area contributed by atoms with Gasteiger partial charge in [0.2, 0.25) is 0 Å². The largest absolute Gasteiger partial charge is 0.497 e. The lowest BCUT2D eigenvalue weighted by atomic mass is 10.0. The van der Waals surface area contributed by atoms with Crippen LogP contribution in [0.2, 0.25) is 0 Å². The van der Waals surface area contributed by atoms with Crippen LogP contribution < -0.4 is 15.4 Å². The van der Waals surface area contributed by atoms with Crippen molar-refractivity contribution in [3.63, 3.8) is 0 Å². The fourth-order valence-corrected chi connectivity index (χ4v) is 2.44. The lowest BCUT2D eigenvalue weighted by Crippen LogP contribution is -1.99. The summed E-state index contributed by atoms with van der Waals surface area (Å²) in [5.74, 6) is 2.76. The third-order valence-corrected chi connectivity index (χ3v) is 3.86. The molecule has 1 aromatic heterocycles. The van der Waals surface area contributed by atoms with Gasteiger partial charge in [-0.15, -0.1) is 0 Å². The Hall–Kier alpha value is -3.08. The minimum atomic E-state index is 0.520. The molecule has 0 amide bonds. The highest BCUT2D eigenvalue weighted by molar-refractivity contribution is 5.63. The summed E-state index contributed by atoms with van der Waals surface area (Å²) in [6.07, 6.45) is 1.54. The first-order valence-corrected chi connectivity index (χ1v) is 8.24. The Bertz CT molecular complexity index is 831.